The maximum absolute atomic E-state index is 16.5. The zero-order valence-corrected chi connectivity index (χ0v) is 23.7. The summed E-state index contributed by atoms with van der Waals surface area (Å²) in [6, 6.07) is 0.408. The Morgan fingerprint density at radius 1 is 1.11 bits per heavy atom. The van der Waals surface area contributed by atoms with Crippen molar-refractivity contribution in [3.05, 3.63) is 39.8 Å². The monoisotopic (exact) mass is 624 g/mol. The van der Waals surface area contributed by atoms with E-state index >= 15 is 8.78 Å². The lowest BCUT2D eigenvalue weighted by Crippen LogP contribution is -2.51. The number of alkyl halides is 4. The van der Waals surface area contributed by atoms with Crippen molar-refractivity contribution in [3.8, 4) is 22.9 Å². The van der Waals surface area contributed by atoms with Gasteiger partial charge in [0.15, 0.2) is 17.4 Å². The summed E-state index contributed by atoms with van der Waals surface area (Å²) in [4.78, 5) is 26.7. The first-order chi connectivity index (χ1) is 21.0. The third kappa shape index (κ3) is 4.75. The minimum absolute atomic E-state index is 0.0181. The van der Waals surface area contributed by atoms with Crippen molar-refractivity contribution < 1.29 is 35.8 Å². The molecule has 6 heterocycles. The van der Waals surface area contributed by atoms with Crippen LogP contribution in [0.5, 0.6) is 11.8 Å². The second-order valence-electron chi connectivity index (χ2n) is 12.1. The molecule has 2 unspecified atom stereocenters. The van der Waals surface area contributed by atoms with Gasteiger partial charge in [-0.3, -0.25) is 9.69 Å². The molecule has 236 valence electrons. The normalized spacial score (nSPS) is 26.9. The number of anilines is 1. The quantitative estimate of drug-likeness (QED) is 0.395. The van der Waals surface area contributed by atoms with Gasteiger partial charge in [-0.05, 0) is 32.2 Å². The van der Waals surface area contributed by atoms with Gasteiger partial charge in [-0.1, -0.05) is 0 Å². The second-order valence-corrected chi connectivity index (χ2v) is 12.1. The van der Waals surface area contributed by atoms with Gasteiger partial charge in [0.05, 0.1) is 29.2 Å². The molecule has 9 nitrogen and oxygen atoms in total. The van der Waals surface area contributed by atoms with E-state index in [4.69, 9.17) is 9.47 Å². The van der Waals surface area contributed by atoms with Crippen molar-refractivity contribution in [2.45, 2.75) is 62.1 Å². The summed E-state index contributed by atoms with van der Waals surface area (Å²) in [6.45, 7) is 1.91. The largest absolute Gasteiger partial charge is 0.493 e. The average Bonchev–Trinajstić information content (AvgIpc) is 3.61. The number of piperazine rings is 1. The maximum Gasteiger partial charge on any atom is 0.418 e. The van der Waals surface area contributed by atoms with Crippen LogP contribution in [-0.4, -0.2) is 83.5 Å². The van der Waals surface area contributed by atoms with Gasteiger partial charge in [0.2, 0.25) is 5.56 Å². The molecule has 4 aliphatic heterocycles. The van der Waals surface area contributed by atoms with Crippen LogP contribution in [0.1, 0.15) is 37.7 Å². The molecular weight excluding hydrogens is 594 g/mol. The molecule has 44 heavy (non-hydrogen) atoms. The summed E-state index contributed by atoms with van der Waals surface area (Å²) in [5, 5.41) is 3.31. The van der Waals surface area contributed by atoms with Gasteiger partial charge < -0.3 is 24.7 Å². The van der Waals surface area contributed by atoms with E-state index in [-0.39, 0.29) is 48.9 Å². The SMILES string of the molecule is COc1c(F)c(-c2cc(=O)[nH]cc2C(F)(F)F)c(F)c2nc(OC[C@@]34CCCN3C[C@H](F)C4)nc(N3CC4CCC(C3)N4)c12. The van der Waals surface area contributed by atoms with E-state index < -0.39 is 63.0 Å². The van der Waals surface area contributed by atoms with Crippen molar-refractivity contribution in [3.63, 3.8) is 0 Å². The minimum atomic E-state index is -5.05. The van der Waals surface area contributed by atoms with E-state index in [1.54, 1.807) is 0 Å². The molecule has 7 rings (SSSR count). The zero-order chi connectivity index (χ0) is 31.0. The highest BCUT2D eigenvalue weighted by Crippen LogP contribution is 2.46. The van der Waals surface area contributed by atoms with Gasteiger partial charge >= 0.3 is 12.2 Å². The van der Waals surface area contributed by atoms with Crippen molar-refractivity contribution in [1.82, 2.24) is 25.2 Å². The van der Waals surface area contributed by atoms with Gasteiger partial charge in [0.25, 0.3) is 0 Å². The Hall–Kier alpha value is -3.59. The predicted octanol–water partition coefficient (Wildman–Crippen LogP) is 4.19. The third-order valence-electron chi connectivity index (χ3n) is 9.39. The summed E-state index contributed by atoms with van der Waals surface area (Å²) >= 11 is 0. The third-order valence-corrected chi connectivity index (χ3v) is 9.39. The highest BCUT2D eigenvalue weighted by Gasteiger charge is 2.49. The van der Waals surface area contributed by atoms with Crippen molar-refractivity contribution in [2.24, 2.45) is 0 Å². The van der Waals surface area contributed by atoms with Gasteiger partial charge in [-0.15, -0.1) is 0 Å². The van der Waals surface area contributed by atoms with Crippen LogP contribution in [0.4, 0.5) is 32.2 Å². The van der Waals surface area contributed by atoms with Gasteiger partial charge in [-0.2, -0.15) is 23.1 Å². The van der Waals surface area contributed by atoms with E-state index in [0.717, 1.165) is 26.4 Å². The van der Waals surface area contributed by atoms with E-state index in [2.05, 4.69) is 15.3 Å². The van der Waals surface area contributed by atoms with Crippen molar-refractivity contribution in [2.75, 3.05) is 44.8 Å². The molecule has 0 saturated carbocycles. The second kappa shape index (κ2) is 10.5. The summed E-state index contributed by atoms with van der Waals surface area (Å²) in [5.41, 5.74) is -5.64. The molecule has 4 fully saturated rings. The lowest BCUT2D eigenvalue weighted by atomic mass is 9.95. The van der Waals surface area contributed by atoms with Crippen LogP contribution < -0.4 is 25.2 Å². The van der Waals surface area contributed by atoms with Crippen molar-refractivity contribution >= 4 is 16.7 Å². The number of aromatic amines is 1. The van der Waals surface area contributed by atoms with Crippen LogP contribution in [0.25, 0.3) is 22.0 Å². The number of fused-ring (bicyclic) bond motifs is 4. The molecule has 3 aromatic rings. The molecule has 2 aromatic heterocycles. The number of aromatic nitrogens is 3. The van der Waals surface area contributed by atoms with E-state index in [1.165, 1.54) is 0 Å². The number of benzene rings is 1. The van der Waals surface area contributed by atoms with E-state index in [9.17, 15) is 22.4 Å². The fourth-order valence-electron chi connectivity index (χ4n) is 7.49. The Morgan fingerprint density at radius 3 is 2.57 bits per heavy atom. The Balaban J connectivity index is 1.42. The first-order valence-corrected chi connectivity index (χ1v) is 14.6. The lowest BCUT2D eigenvalue weighted by Gasteiger charge is -2.35. The van der Waals surface area contributed by atoms with Crippen molar-refractivity contribution in [1.29, 1.82) is 0 Å². The molecule has 0 amide bonds. The van der Waals surface area contributed by atoms with E-state index in [1.807, 2.05) is 14.8 Å². The Kier molecular flexibility index (Phi) is 6.95. The summed E-state index contributed by atoms with van der Waals surface area (Å²) in [5.74, 6) is -3.30. The lowest BCUT2D eigenvalue weighted by molar-refractivity contribution is -0.137. The van der Waals surface area contributed by atoms with Crippen LogP contribution >= 0.6 is 0 Å². The highest BCUT2D eigenvalue weighted by molar-refractivity contribution is 5.99. The smallest absolute Gasteiger partial charge is 0.418 e. The fourth-order valence-corrected chi connectivity index (χ4v) is 7.49. The van der Waals surface area contributed by atoms with Crippen LogP contribution in [0, 0.1) is 11.6 Å². The number of methoxy groups -OCH3 is 1. The van der Waals surface area contributed by atoms with Crippen LogP contribution in [0.15, 0.2) is 17.1 Å². The summed E-state index contributed by atoms with van der Waals surface area (Å²) in [6.07, 6.45) is -2.11. The molecule has 0 radical (unpaired) electrons. The molecular formula is C29H30F6N6O3. The Morgan fingerprint density at radius 2 is 1.86 bits per heavy atom. The van der Waals surface area contributed by atoms with Crippen LogP contribution in [-0.2, 0) is 6.18 Å². The first-order valence-electron chi connectivity index (χ1n) is 14.6. The average molecular weight is 625 g/mol. The number of halogens is 6. The number of pyridine rings is 1. The molecule has 1 aromatic carbocycles. The molecule has 2 N–H and O–H groups in total. The fraction of sp³-hybridized carbons (Fsp3) is 0.552. The topological polar surface area (TPSA) is 95.6 Å². The first kappa shape index (κ1) is 29.1. The van der Waals surface area contributed by atoms with Gasteiger partial charge in [-0.25, -0.2) is 13.2 Å². The number of H-pyrrole nitrogens is 1. The number of nitrogens with one attached hydrogen (secondary N) is 2. The van der Waals surface area contributed by atoms with E-state index in [0.29, 0.717) is 38.3 Å². The molecule has 15 heteroatoms. The summed E-state index contributed by atoms with van der Waals surface area (Å²) < 4.78 is 100. The number of nitrogens with zero attached hydrogens (tertiary/aromatic N) is 4. The molecule has 4 aliphatic rings. The van der Waals surface area contributed by atoms with Gasteiger partial charge in [0, 0.05) is 56.0 Å². The summed E-state index contributed by atoms with van der Waals surface area (Å²) in [7, 11) is 1.11. The zero-order valence-electron chi connectivity index (χ0n) is 23.7. The van der Waals surface area contributed by atoms with Gasteiger partial charge in [0.1, 0.15) is 24.1 Å². The van der Waals surface area contributed by atoms with Crippen LogP contribution in [0.2, 0.25) is 0 Å². The highest BCUT2D eigenvalue weighted by atomic mass is 19.4. The Bertz CT molecular complexity index is 1670. The standard InChI is InChI=1S/C29H30F6N6O3/c1-43-25-21-24(22(31)20(23(25)32)17-7-19(42)36-9-18(17)29(33,34)35)38-27(39-26(21)40-11-15-3-4-16(12-40)37-15)44-13-28-5-2-6-41(28)10-14(30)8-28/h7,9,14-16,37H,2-6,8,10-13H2,1H3,(H,36,42)/t14-,15?,16?,28+/m1/s1. The number of ether oxygens (including phenoxy) is 2. The molecule has 0 spiro atoms. The Labute approximate surface area is 247 Å². The molecule has 0 aliphatic carbocycles. The molecule has 4 atom stereocenters. The minimum Gasteiger partial charge on any atom is -0.493 e. The molecule has 4 saturated heterocycles. The number of hydrogen-bond acceptors (Lipinski definition) is 8. The predicted molar refractivity (Wildman–Crippen MR) is 148 cm³/mol. The number of rotatable bonds is 6. The number of hydrogen-bond donors (Lipinski definition) is 2. The maximum atomic E-state index is 16.5. The molecule has 2 bridgehead atoms. The van der Waals surface area contributed by atoms with Crippen LogP contribution in [0.3, 0.4) is 0 Å².